The predicted octanol–water partition coefficient (Wildman–Crippen LogP) is 3.08. The summed E-state index contributed by atoms with van der Waals surface area (Å²) in [6, 6.07) is 3.91. The van der Waals surface area contributed by atoms with E-state index < -0.39 is 0 Å². The van der Waals surface area contributed by atoms with Gasteiger partial charge in [0.2, 0.25) is 0 Å². The maximum atomic E-state index is 10.9. The van der Waals surface area contributed by atoms with Gasteiger partial charge < -0.3 is 5.73 Å². The molecule has 1 amide bonds. The van der Waals surface area contributed by atoms with E-state index in [-0.39, 0.29) is 5.24 Å². The predicted molar refractivity (Wildman–Crippen MR) is 64.6 cm³/mol. The minimum atomic E-state index is -0.246. The second-order valence-electron chi connectivity index (χ2n) is 2.52. The molecule has 3 nitrogen and oxygen atoms in total. The maximum absolute atomic E-state index is 10.9. The van der Waals surface area contributed by atoms with Crippen LogP contribution in [0.1, 0.15) is 4.88 Å². The van der Waals surface area contributed by atoms with Gasteiger partial charge in [0.05, 0.1) is 8.69 Å². The number of thiophene rings is 1. The Bertz CT molecular complexity index is 450. The maximum Gasteiger partial charge on any atom is 0.311 e. The van der Waals surface area contributed by atoms with Crippen LogP contribution < -0.4 is 5.73 Å². The first kappa shape index (κ1) is 9.95. The lowest BCUT2D eigenvalue weighted by Crippen LogP contribution is -2.08. The summed E-state index contributed by atoms with van der Waals surface area (Å²) in [5.74, 6) is 0.310. The van der Waals surface area contributed by atoms with Crippen LogP contribution in [-0.4, -0.2) is 11.1 Å². The fourth-order valence-electron chi connectivity index (χ4n) is 0.961. The SMILES string of the molecule is NC1=NC(=O)S/C1=C\c1ccc(Br)s1. The van der Waals surface area contributed by atoms with Gasteiger partial charge in [0.15, 0.2) is 0 Å². The number of carbonyl (C=O) groups excluding carboxylic acids is 1. The van der Waals surface area contributed by atoms with Crippen molar-refractivity contribution >= 4 is 56.2 Å². The lowest BCUT2D eigenvalue weighted by atomic mass is 10.4. The van der Waals surface area contributed by atoms with E-state index in [9.17, 15) is 4.79 Å². The van der Waals surface area contributed by atoms with Crippen molar-refractivity contribution in [2.75, 3.05) is 0 Å². The summed E-state index contributed by atoms with van der Waals surface area (Å²) in [4.78, 5) is 16.3. The molecule has 0 bridgehead atoms. The van der Waals surface area contributed by atoms with Crippen LogP contribution in [0.25, 0.3) is 6.08 Å². The van der Waals surface area contributed by atoms with Gasteiger partial charge in [0.25, 0.3) is 0 Å². The summed E-state index contributed by atoms with van der Waals surface area (Å²) in [5.41, 5.74) is 5.56. The van der Waals surface area contributed by atoms with Crippen LogP contribution in [0, 0.1) is 0 Å². The van der Waals surface area contributed by atoms with Crippen molar-refractivity contribution in [3.05, 3.63) is 25.7 Å². The zero-order valence-electron chi connectivity index (χ0n) is 6.86. The number of carbonyl (C=O) groups is 1. The normalized spacial score (nSPS) is 19.1. The molecule has 0 radical (unpaired) electrons. The summed E-state index contributed by atoms with van der Waals surface area (Å²) in [6.45, 7) is 0. The van der Waals surface area contributed by atoms with E-state index >= 15 is 0 Å². The average molecular weight is 289 g/mol. The molecule has 0 atom stereocenters. The van der Waals surface area contributed by atoms with Crippen LogP contribution in [-0.2, 0) is 0 Å². The highest BCUT2D eigenvalue weighted by atomic mass is 79.9. The van der Waals surface area contributed by atoms with Crippen LogP contribution in [0.5, 0.6) is 0 Å². The van der Waals surface area contributed by atoms with Crippen LogP contribution in [0.3, 0.4) is 0 Å². The van der Waals surface area contributed by atoms with Gasteiger partial charge in [0, 0.05) is 4.88 Å². The van der Waals surface area contributed by atoms with Gasteiger partial charge in [-0.1, -0.05) is 0 Å². The van der Waals surface area contributed by atoms with Crippen LogP contribution in [0.15, 0.2) is 25.8 Å². The second kappa shape index (κ2) is 3.88. The van der Waals surface area contributed by atoms with Gasteiger partial charge in [-0.3, -0.25) is 4.79 Å². The molecule has 0 aromatic carbocycles. The van der Waals surface area contributed by atoms with E-state index in [1.807, 2.05) is 18.2 Å². The fraction of sp³-hybridized carbons (Fsp3) is 0. The van der Waals surface area contributed by atoms with Crippen molar-refractivity contribution in [2.45, 2.75) is 0 Å². The van der Waals surface area contributed by atoms with E-state index in [0.717, 1.165) is 25.3 Å². The van der Waals surface area contributed by atoms with Gasteiger partial charge in [-0.05, 0) is 45.9 Å². The minimum absolute atomic E-state index is 0.246. The van der Waals surface area contributed by atoms with Gasteiger partial charge in [0.1, 0.15) is 5.84 Å². The van der Waals surface area contributed by atoms with Crippen LogP contribution in [0.2, 0.25) is 0 Å². The molecule has 1 aromatic heterocycles. The molecule has 72 valence electrons. The largest absolute Gasteiger partial charge is 0.383 e. The molecular weight excluding hydrogens is 284 g/mol. The Morgan fingerprint density at radius 1 is 1.50 bits per heavy atom. The zero-order chi connectivity index (χ0) is 10.1. The number of amidine groups is 1. The van der Waals surface area contributed by atoms with E-state index in [1.54, 1.807) is 11.3 Å². The first-order valence-electron chi connectivity index (χ1n) is 3.68. The lowest BCUT2D eigenvalue weighted by Gasteiger charge is -1.92. The Morgan fingerprint density at radius 3 is 2.79 bits per heavy atom. The van der Waals surface area contributed by atoms with Gasteiger partial charge in [-0.15, -0.1) is 11.3 Å². The first-order chi connectivity index (χ1) is 6.65. The Kier molecular flexibility index (Phi) is 2.76. The molecule has 2 rings (SSSR count). The van der Waals surface area contributed by atoms with Crippen LogP contribution >= 0.6 is 39.0 Å². The van der Waals surface area contributed by atoms with Crippen molar-refractivity contribution < 1.29 is 4.79 Å². The molecule has 2 N–H and O–H groups in total. The summed E-state index contributed by atoms with van der Waals surface area (Å²) in [7, 11) is 0. The smallest absolute Gasteiger partial charge is 0.311 e. The number of nitrogens with two attached hydrogens (primary N) is 1. The van der Waals surface area contributed by atoms with Gasteiger partial charge >= 0.3 is 5.24 Å². The number of amides is 1. The second-order valence-corrected chi connectivity index (χ2v) is 6.00. The molecule has 6 heteroatoms. The van der Waals surface area contributed by atoms with Crippen molar-refractivity contribution in [1.29, 1.82) is 0 Å². The molecule has 0 aliphatic carbocycles. The third-order valence-electron chi connectivity index (χ3n) is 1.53. The third kappa shape index (κ3) is 2.08. The average Bonchev–Trinajstić information content (AvgIpc) is 2.61. The number of hydrogen-bond donors (Lipinski definition) is 1. The number of hydrogen-bond acceptors (Lipinski definition) is 4. The molecule has 0 fully saturated rings. The summed E-state index contributed by atoms with van der Waals surface area (Å²) < 4.78 is 1.05. The molecule has 14 heavy (non-hydrogen) atoms. The fourth-order valence-corrected chi connectivity index (χ4v) is 3.07. The summed E-state index contributed by atoms with van der Waals surface area (Å²) >= 11 is 6.01. The van der Waals surface area contributed by atoms with Crippen molar-refractivity contribution in [3.8, 4) is 0 Å². The lowest BCUT2D eigenvalue weighted by molar-refractivity contribution is 0.268. The number of aliphatic imine (C=N–C) groups is 1. The van der Waals surface area contributed by atoms with E-state index in [1.165, 1.54) is 0 Å². The van der Waals surface area contributed by atoms with Crippen LogP contribution in [0.4, 0.5) is 4.79 Å². The van der Waals surface area contributed by atoms with Gasteiger partial charge in [-0.2, -0.15) is 4.99 Å². The standard InChI is InChI=1S/C8H5BrN2OS2/c9-6-2-1-4(13-6)3-5-7(10)11-8(12)14-5/h1-3H,(H2,10,11,12)/b5-3-. The van der Waals surface area contributed by atoms with E-state index in [4.69, 9.17) is 5.73 Å². The van der Waals surface area contributed by atoms with Crippen molar-refractivity contribution in [1.82, 2.24) is 0 Å². The molecule has 1 aromatic rings. The third-order valence-corrected chi connectivity index (χ3v) is 3.91. The number of nitrogens with zero attached hydrogens (tertiary/aromatic N) is 1. The minimum Gasteiger partial charge on any atom is -0.383 e. The van der Waals surface area contributed by atoms with E-state index in [0.29, 0.717) is 5.84 Å². The highest BCUT2D eigenvalue weighted by Crippen LogP contribution is 2.30. The highest BCUT2D eigenvalue weighted by molar-refractivity contribution is 9.11. The Labute approximate surface area is 97.2 Å². The monoisotopic (exact) mass is 288 g/mol. The Morgan fingerprint density at radius 2 is 2.29 bits per heavy atom. The molecule has 0 saturated heterocycles. The topological polar surface area (TPSA) is 55.4 Å². The van der Waals surface area contributed by atoms with Crippen molar-refractivity contribution in [3.63, 3.8) is 0 Å². The summed E-state index contributed by atoms with van der Waals surface area (Å²) in [5, 5.41) is -0.246. The molecule has 0 spiro atoms. The zero-order valence-corrected chi connectivity index (χ0v) is 10.1. The molecule has 1 aliphatic heterocycles. The highest BCUT2D eigenvalue weighted by Gasteiger charge is 2.18. The van der Waals surface area contributed by atoms with Gasteiger partial charge in [-0.25, -0.2) is 0 Å². The molecule has 2 heterocycles. The van der Waals surface area contributed by atoms with E-state index in [2.05, 4.69) is 20.9 Å². The molecule has 1 aliphatic rings. The quantitative estimate of drug-likeness (QED) is 0.864. The molecule has 0 saturated carbocycles. The number of halogens is 1. The molecular formula is C8H5BrN2OS2. The molecule has 0 unspecified atom stereocenters. The first-order valence-corrected chi connectivity index (χ1v) is 6.11. The van der Waals surface area contributed by atoms with Crippen molar-refractivity contribution in [2.24, 2.45) is 10.7 Å². The summed E-state index contributed by atoms with van der Waals surface area (Å²) in [6.07, 6.45) is 1.86. The number of thioether (sulfide) groups is 1. The number of rotatable bonds is 1. The Balaban J connectivity index is 2.28. The Hall–Kier alpha value is -0.590.